The van der Waals surface area contributed by atoms with Crippen LogP contribution in [0, 0.1) is 12.3 Å². The van der Waals surface area contributed by atoms with Crippen molar-refractivity contribution in [3.8, 4) is 12.3 Å². The Morgan fingerprint density at radius 2 is 1.88 bits per heavy atom. The molecule has 1 aromatic rings. The summed E-state index contributed by atoms with van der Waals surface area (Å²) in [6, 6.07) is 5.55. The number of hydrogen-bond donors (Lipinski definition) is 3. The minimum absolute atomic E-state index is 0.0206. The van der Waals surface area contributed by atoms with Gasteiger partial charge in [0.25, 0.3) is 5.91 Å². The van der Waals surface area contributed by atoms with Crippen molar-refractivity contribution in [1.29, 1.82) is 0 Å². The Morgan fingerprint density at radius 3 is 2.44 bits per heavy atom. The maximum absolute atomic E-state index is 12.0. The zero-order chi connectivity index (χ0) is 18.9. The molecule has 0 radical (unpaired) electrons. The number of carbonyl (C=O) groups is 2. The molecule has 0 heterocycles. The normalized spacial score (nSPS) is 12.0. The fourth-order valence-corrected chi connectivity index (χ4v) is 2.78. The molecule has 0 saturated heterocycles. The highest BCUT2D eigenvalue weighted by molar-refractivity contribution is 7.89. The Hall–Kier alpha value is -2.37. The third-order valence-electron chi connectivity index (χ3n) is 3.45. The van der Waals surface area contributed by atoms with E-state index in [9.17, 15) is 18.0 Å². The molecule has 0 fully saturated rings. The first-order chi connectivity index (χ1) is 11.8. The van der Waals surface area contributed by atoms with E-state index in [4.69, 9.17) is 6.42 Å². The summed E-state index contributed by atoms with van der Waals surface area (Å²) in [4.78, 5) is 23.6. The molecule has 1 aromatic carbocycles. The Kier molecular flexibility index (Phi) is 8.11. The summed E-state index contributed by atoms with van der Waals surface area (Å²) in [6.45, 7) is 3.97. The Labute approximate surface area is 148 Å². The molecule has 1 atom stereocenters. The van der Waals surface area contributed by atoms with E-state index in [1.807, 2.05) is 13.8 Å². The molecule has 0 saturated carbocycles. The van der Waals surface area contributed by atoms with Crippen LogP contribution in [-0.4, -0.2) is 39.4 Å². The van der Waals surface area contributed by atoms with Crippen LogP contribution in [0.5, 0.6) is 0 Å². The molecule has 2 amide bonds. The average Bonchev–Trinajstić information content (AvgIpc) is 2.59. The predicted octanol–water partition coefficient (Wildman–Crippen LogP) is 0.633. The van der Waals surface area contributed by atoms with Gasteiger partial charge in [-0.2, -0.15) is 4.72 Å². The van der Waals surface area contributed by atoms with E-state index in [0.29, 0.717) is 5.56 Å². The highest BCUT2D eigenvalue weighted by atomic mass is 32.2. The smallest absolute Gasteiger partial charge is 0.251 e. The van der Waals surface area contributed by atoms with Crippen LogP contribution in [0.2, 0.25) is 0 Å². The van der Waals surface area contributed by atoms with Crippen LogP contribution in [0.4, 0.5) is 0 Å². The number of nitrogens with one attached hydrogen (secondary N) is 3. The quantitative estimate of drug-likeness (QED) is 0.558. The van der Waals surface area contributed by atoms with Crippen molar-refractivity contribution >= 4 is 21.8 Å². The van der Waals surface area contributed by atoms with Crippen LogP contribution < -0.4 is 15.4 Å². The standard InChI is InChI=1S/C17H23N3O4S/c1-4-11-19-25(23,24)15-8-6-14(7-9-15)17(22)18-12-10-16(21)20-13(3)5-2/h1,6-9,13,19H,5,10-12H2,2-3H3,(H,18,22)(H,20,21)/t13-/m1/s1. The van der Waals surface area contributed by atoms with E-state index < -0.39 is 10.0 Å². The minimum atomic E-state index is -3.68. The van der Waals surface area contributed by atoms with Gasteiger partial charge in [-0.1, -0.05) is 12.8 Å². The molecule has 25 heavy (non-hydrogen) atoms. The summed E-state index contributed by atoms with van der Waals surface area (Å²) >= 11 is 0. The Morgan fingerprint density at radius 1 is 1.24 bits per heavy atom. The van der Waals surface area contributed by atoms with E-state index in [2.05, 4.69) is 21.3 Å². The summed E-state index contributed by atoms with van der Waals surface area (Å²) in [6.07, 6.45) is 6.04. The average molecular weight is 365 g/mol. The van der Waals surface area contributed by atoms with Crippen LogP contribution in [0.15, 0.2) is 29.2 Å². The van der Waals surface area contributed by atoms with Crippen molar-refractivity contribution < 1.29 is 18.0 Å². The van der Waals surface area contributed by atoms with Gasteiger partial charge in [0.1, 0.15) is 0 Å². The fourth-order valence-electron chi connectivity index (χ4n) is 1.85. The first-order valence-electron chi connectivity index (χ1n) is 7.91. The fraction of sp³-hybridized carbons (Fsp3) is 0.412. The van der Waals surface area contributed by atoms with Crippen molar-refractivity contribution in [3.05, 3.63) is 29.8 Å². The number of hydrogen-bond acceptors (Lipinski definition) is 4. The predicted molar refractivity (Wildman–Crippen MR) is 95.3 cm³/mol. The van der Waals surface area contributed by atoms with Gasteiger partial charge < -0.3 is 10.6 Å². The van der Waals surface area contributed by atoms with Gasteiger partial charge in [-0.3, -0.25) is 9.59 Å². The van der Waals surface area contributed by atoms with Crippen LogP contribution in [0.1, 0.15) is 37.0 Å². The lowest BCUT2D eigenvalue weighted by Crippen LogP contribution is -2.35. The van der Waals surface area contributed by atoms with Gasteiger partial charge in [0, 0.05) is 24.6 Å². The van der Waals surface area contributed by atoms with Gasteiger partial charge in [-0.15, -0.1) is 6.42 Å². The van der Waals surface area contributed by atoms with E-state index in [-0.39, 0.29) is 42.3 Å². The first-order valence-corrected chi connectivity index (χ1v) is 9.39. The lowest BCUT2D eigenvalue weighted by Gasteiger charge is -2.11. The summed E-state index contributed by atoms with van der Waals surface area (Å²) < 4.78 is 26.0. The number of sulfonamides is 1. The third kappa shape index (κ3) is 6.95. The molecule has 0 aromatic heterocycles. The summed E-state index contributed by atoms with van der Waals surface area (Å²) in [5.41, 5.74) is 0.304. The molecule has 0 aliphatic carbocycles. The second kappa shape index (κ2) is 9.81. The van der Waals surface area contributed by atoms with E-state index in [1.54, 1.807) is 0 Å². The molecule has 0 bridgehead atoms. The van der Waals surface area contributed by atoms with Gasteiger partial charge in [-0.05, 0) is 37.6 Å². The first kappa shape index (κ1) is 20.7. The van der Waals surface area contributed by atoms with Crippen LogP contribution in [0.3, 0.4) is 0 Å². The summed E-state index contributed by atoms with van der Waals surface area (Å²) in [5.74, 6) is 1.68. The van der Waals surface area contributed by atoms with Gasteiger partial charge >= 0.3 is 0 Å². The summed E-state index contributed by atoms with van der Waals surface area (Å²) in [7, 11) is -3.68. The molecule has 3 N–H and O–H groups in total. The molecular weight excluding hydrogens is 342 g/mol. The number of rotatable bonds is 9. The second-order valence-corrected chi connectivity index (χ2v) is 7.20. The number of amides is 2. The van der Waals surface area contributed by atoms with Gasteiger partial charge in [-0.25, -0.2) is 8.42 Å². The highest BCUT2D eigenvalue weighted by Gasteiger charge is 2.14. The van der Waals surface area contributed by atoms with Crippen LogP contribution >= 0.6 is 0 Å². The maximum atomic E-state index is 12.0. The van der Waals surface area contributed by atoms with Crippen molar-refractivity contribution in [2.24, 2.45) is 0 Å². The SMILES string of the molecule is C#CCNS(=O)(=O)c1ccc(C(=O)NCCC(=O)N[C@H](C)CC)cc1. The number of carbonyl (C=O) groups excluding carboxylic acids is 2. The molecule has 136 valence electrons. The largest absolute Gasteiger partial charge is 0.354 e. The van der Waals surface area contributed by atoms with Crippen LogP contribution in [-0.2, 0) is 14.8 Å². The molecular formula is C17H23N3O4S. The Bertz CT molecular complexity index is 736. The molecule has 7 nitrogen and oxygen atoms in total. The summed E-state index contributed by atoms with van der Waals surface area (Å²) in [5, 5.41) is 5.43. The van der Waals surface area contributed by atoms with Crippen molar-refractivity contribution in [2.75, 3.05) is 13.1 Å². The lowest BCUT2D eigenvalue weighted by molar-refractivity contribution is -0.121. The highest BCUT2D eigenvalue weighted by Crippen LogP contribution is 2.10. The second-order valence-electron chi connectivity index (χ2n) is 5.44. The van der Waals surface area contributed by atoms with Crippen molar-refractivity contribution in [3.63, 3.8) is 0 Å². The topological polar surface area (TPSA) is 104 Å². The van der Waals surface area contributed by atoms with Gasteiger partial charge in [0.2, 0.25) is 15.9 Å². The molecule has 1 rings (SSSR count). The van der Waals surface area contributed by atoms with E-state index in [0.717, 1.165) is 6.42 Å². The number of benzene rings is 1. The minimum Gasteiger partial charge on any atom is -0.354 e. The lowest BCUT2D eigenvalue weighted by atomic mass is 10.2. The molecule has 0 aliphatic rings. The third-order valence-corrected chi connectivity index (χ3v) is 4.87. The maximum Gasteiger partial charge on any atom is 0.251 e. The number of terminal acetylenes is 1. The van der Waals surface area contributed by atoms with Crippen molar-refractivity contribution in [1.82, 2.24) is 15.4 Å². The monoisotopic (exact) mass is 365 g/mol. The molecule has 8 heteroatoms. The molecule has 0 aliphatic heterocycles. The van der Waals surface area contributed by atoms with Crippen molar-refractivity contribution in [2.45, 2.75) is 37.6 Å². The van der Waals surface area contributed by atoms with Gasteiger partial charge in [0.15, 0.2) is 0 Å². The molecule has 0 unspecified atom stereocenters. The zero-order valence-electron chi connectivity index (χ0n) is 14.3. The Balaban J connectivity index is 2.55. The van der Waals surface area contributed by atoms with Gasteiger partial charge in [0.05, 0.1) is 11.4 Å². The van der Waals surface area contributed by atoms with E-state index in [1.165, 1.54) is 24.3 Å². The zero-order valence-corrected chi connectivity index (χ0v) is 15.2. The molecule has 0 spiro atoms. The van der Waals surface area contributed by atoms with Crippen LogP contribution in [0.25, 0.3) is 0 Å². The van der Waals surface area contributed by atoms with E-state index >= 15 is 0 Å².